The van der Waals surface area contributed by atoms with Crippen LogP contribution in [0.1, 0.15) is 11.7 Å². The van der Waals surface area contributed by atoms with Gasteiger partial charge in [0.05, 0.1) is 11.8 Å². The Bertz CT molecular complexity index is 362. The van der Waals surface area contributed by atoms with Gasteiger partial charge >= 0.3 is 0 Å². The number of anilines is 1. The highest BCUT2D eigenvalue weighted by molar-refractivity contribution is 9.11. The van der Waals surface area contributed by atoms with E-state index in [-0.39, 0.29) is 5.75 Å². The van der Waals surface area contributed by atoms with Gasteiger partial charge in [-0.3, -0.25) is 0 Å². The molecule has 0 spiro atoms. The fourth-order valence-corrected chi connectivity index (χ4v) is 2.61. The maximum atomic E-state index is 9.80. The molecule has 1 rings (SSSR count). The van der Waals surface area contributed by atoms with Gasteiger partial charge < -0.3 is 15.9 Å². The van der Waals surface area contributed by atoms with E-state index in [0.29, 0.717) is 15.7 Å². The Morgan fingerprint density at radius 2 is 1.93 bits per heavy atom. The Labute approximate surface area is 110 Å². The van der Waals surface area contributed by atoms with Crippen molar-refractivity contribution in [1.82, 2.24) is 0 Å². The number of nitrogen functional groups attached to an aromatic ring is 1. The summed E-state index contributed by atoms with van der Waals surface area (Å²) in [5.41, 5.74) is 6.69. The summed E-state index contributed by atoms with van der Waals surface area (Å²) in [6, 6.07) is 3.45. The highest BCUT2D eigenvalue weighted by Crippen LogP contribution is 2.33. The highest BCUT2D eigenvalue weighted by atomic mass is 79.9. The van der Waals surface area contributed by atoms with Crippen molar-refractivity contribution in [2.75, 3.05) is 11.5 Å². The van der Waals surface area contributed by atoms with Gasteiger partial charge in [0, 0.05) is 20.3 Å². The first-order valence-corrected chi connectivity index (χ1v) is 6.40. The van der Waals surface area contributed by atoms with Gasteiger partial charge in [0.2, 0.25) is 0 Å². The van der Waals surface area contributed by atoms with E-state index in [1.165, 1.54) is 0 Å². The van der Waals surface area contributed by atoms with Crippen LogP contribution in [0.3, 0.4) is 0 Å². The number of halogens is 2. The Hall–Kier alpha value is 0.250. The van der Waals surface area contributed by atoms with Crippen LogP contribution in [0, 0.1) is 0 Å². The normalized spacial score (nSPS) is 15.0. The third-order valence-electron chi connectivity index (χ3n) is 2.00. The summed E-state index contributed by atoms with van der Waals surface area (Å²) in [6.07, 6.45) is -1.96. The van der Waals surface area contributed by atoms with Crippen molar-refractivity contribution in [2.24, 2.45) is 0 Å². The molecular formula is C9H11Br2NO2S. The van der Waals surface area contributed by atoms with E-state index in [1.807, 2.05) is 0 Å². The van der Waals surface area contributed by atoms with Crippen molar-refractivity contribution >= 4 is 50.2 Å². The van der Waals surface area contributed by atoms with Gasteiger partial charge in [-0.05, 0) is 28.1 Å². The first-order chi connectivity index (χ1) is 6.97. The summed E-state index contributed by atoms with van der Waals surface area (Å²) >= 11 is 10.5. The third-order valence-corrected chi connectivity index (χ3v) is 3.48. The van der Waals surface area contributed by atoms with Crippen LogP contribution in [0.25, 0.3) is 0 Å². The zero-order chi connectivity index (χ0) is 11.6. The molecule has 3 nitrogen and oxygen atoms in total. The average molecular weight is 357 g/mol. The van der Waals surface area contributed by atoms with Crippen molar-refractivity contribution in [1.29, 1.82) is 0 Å². The van der Waals surface area contributed by atoms with Crippen LogP contribution in [0.4, 0.5) is 5.69 Å². The molecule has 2 atom stereocenters. The molecule has 15 heavy (non-hydrogen) atoms. The topological polar surface area (TPSA) is 66.5 Å². The van der Waals surface area contributed by atoms with E-state index >= 15 is 0 Å². The SMILES string of the molecule is Nc1c(Br)cc(Br)cc1C(O)C(O)CS. The molecule has 6 heteroatoms. The highest BCUT2D eigenvalue weighted by Gasteiger charge is 2.20. The second kappa shape index (κ2) is 5.54. The quantitative estimate of drug-likeness (QED) is 0.495. The monoisotopic (exact) mass is 355 g/mol. The minimum Gasteiger partial charge on any atom is -0.398 e. The van der Waals surface area contributed by atoms with Gasteiger partial charge in [-0.1, -0.05) is 15.9 Å². The van der Waals surface area contributed by atoms with Crippen molar-refractivity contribution in [3.05, 3.63) is 26.6 Å². The number of nitrogens with two attached hydrogens (primary N) is 1. The predicted octanol–water partition coefficient (Wildman–Crippen LogP) is 2.12. The summed E-state index contributed by atoms with van der Waals surface area (Å²) in [6.45, 7) is 0. The van der Waals surface area contributed by atoms with Crippen molar-refractivity contribution < 1.29 is 10.2 Å². The molecule has 1 aromatic carbocycles. The number of thiol groups is 1. The smallest absolute Gasteiger partial charge is 0.108 e. The van der Waals surface area contributed by atoms with E-state index in [4.69, 9.17) is 5.73 Å². The molecular weight excluding hydrogens is 346 g/mol. The summed E-state index contributed by atoms with van der Waals surface area (Å²) in [5.74, 6) is 0.171. The Morgan fingerprint density at radius 3 is 2.47 bits per heavy atom. The van der Waals surface area contributed by atoms with Gasteiger partial charge in [-0.2, -0.15) is 12.6 Å². The lowest BCUT2D eigenvalue weighted by molar-refractivity contribution is 0.0341. The summed E-state index contributed by atoms with van der Waals surface area (Å²) < 4.78 is 1.46. The number of hydrogen-bond donors (Lipinski definition) is 4. The van der Waals surface area contributed by atoms with Crippen molar-refractivity contribution in [3.63, 3.8) is 0 Å². The van der Waals surface area contributed by atoms with E-state index in [1.54, 1.807) is 12.1 Å². The maximum absolute atomic E-state index is 9.80. The summed E-state index contributed by atoms with van der Waals surface area (Å²) in [5, 5.41) is 19.3. The lowest BCUT2D eigenvalue weighted by Gasteiger charge is -2.19. The van der Waals surface area contributed by atoms with Crippen LogP contribution in [-0.4, -0.2) is 22.1 Å². The third kappa shape index (κ3) is 3.10. The minimum atomic E-state index is -1.03. The summed E-state index contributed by atoms with van der Waals surface area (Å²) in [4.78, 5) is 0. The zero-order valence-corrected chi connectivity index (χ0v) is 11.8. The van der Waals surface area contributed by atoms with Gasteiger partial charge in [0.25, 0.3) is 0 Å². The number of aliphatic hydroxyl groups is 2. The van der Waals surface area contributed by atoms with Gasteiger partial charge in [-0.15, -0.1) is 0 Å². The fourth-order valence-electron chi connectivity index (χ4n) is 1.16. The van der Waals surface area contributed by atoms with Crippen molar-refractivity contribution in [2.45, 2.75) is 12.2 Å². The minimum absolute atomic E-state index is 0.171. The van der Waals surface area contributed by atoms with Crippen LogP contribution >= 0.6 is 44.5 Å². The van der Waals surface area contributed by atoms with E-state index in [0.717, 1.165) is 4.47 Å². The molecule has 1 aromatic rings. The Morgan fingerprint density at radius 1 is 1.33 bits per heavy atom. The second-order valence-electron chi connectivity index (χ2n) is 3.09. The first-order valence-electron chi connectivity index (χ1n) is 4.18. The number of rotatable bonds is 3. The molecule has 2 unspecified atom stereocenters. The van der Waals surface area contributed by atoms with Crippen LogP contribution in [0.5, 0.6) is 0 Å². The molecule has 0 saturated carbocycles. The lowest BCUT2D eigenvalue weighted by atomic mass is 10.0. The molecule has 0 radical (unpaired) electrons. The van der Waals surface area contributed by atoms with E-state index in [2.05, 4.69) is 44.5 Å². The van der Waals surface area contributed by atoms with Gasteiger partial charge in [0.1, 0.15) is 6.10 Å². The molecule has 0 aromatic heterocycles. The summed E-state index contributed by atoms with van der Waals surface area (Å²) in [7, 11) is 0. The maximum Gasteiger partial charge on any atom is 0.108 e. The molecule has 0 amide bonds. The molecule has 0 saturated heterocycles. The standard InChI is InChI=1S/C9H11Br2NO2S/c10-4-1-5(8(12)6(11)2-4)9(14)7(13)3-15/h1-2,7,9,13-15H,3,12H2. The molecule has 0 aliphatic carbocycles. The molecule has 84 valence electrons. The van der Waals surface area contributed by atoms with Gasteiger partial charge in [0.15, 0.2) is 0 Å². The average Bonchev–Trinajstić information content (AvgIpc) is 2.21. The van der Waals surface area contributed by atoms with Crippen LogP contribution in [0.2, 0.25) is 0 Å². The van der Waals surface area contributed by atoms with E-state index < -0.39 is 12.2 Å². The molecule has 0 aliphatic heterocycles. The molecule has 0 fully saturated rings. The fraction of sp³-hybridized carbons (Fsp3) is 0.333. The molecule has 4 N–H and O–H groups in total. The second-order valence-corrected chi connectivity index (χ2v) is 5.22. The molecule has 0 bridgehead atoms. The molecule has 0 heterocycles. The number of benzene rings is 1. The van der Waals surface area contributed by atoms with Crippen molar-refractivity contribution in [3.8, 4) is 0 Å². The Kier molecular flexibility index (Phi) is 4.92. The predicted molar refractivity (Wildman–Crippen MR) is 71.1 cm³/mol. The molecule has 0 aliphatic rings. The van der Waals surface area contributed by atoms with Crippen LogP contribution in [-0.2, 0) is 0 Å². The van der Waals surface area contributed by atoms with E-state index in [9.17, 15) is 10.2 Å². The Balaban J connectivity index is 3.13. The zero-order valence-electron chi connectivity index (χ0n) is 7.69. The first kappa shape index (κ1) is 13.3. The largest absolute Gasteiger partial charge is 0.398 e. The van der Waals surface area contributed by atoms with Crippen LogP contribution in [0.15, 0.2) is 21.1 Å². The van der Waals surface area contributed by atoms with Crippen LogP contribution < -0.4 is 5.73 Å². The number of hydrogen-bond acceptors (Lipinski definition) is 4. The lowest BCUT2D eigenvalue weighted by Crippen LogP contribution is -2.21. The van der Waals surface area contributed by atoms with Gasteiger partial charge in [-0.25, -0.2) is 0 Å². The number of aliphatic hydroxyl groups excluding tert-OH is 2.